The van der Waals surface area contributed by atoms with Gasteiger partial charge in [0.2, 0.25) is 0 Å². The van der Waals surface area contributed by atoms with Crippen LogP contribution in [0.1, 0.15) is 71.6 Å². The fourth-order valence-corrected chi connectivity index (χ4v) is 1.31. The van der Waals surface area contributed by atoms with Gasteiger partial charge in [-0.3, -0.25) is 4.79 Å². The first-order valence-electron chi connectivity index (χ1n) is 6.13. The van der Waals surface area contributed by atoms with E-state index in [2.05, 4.69) is 13.8 Å². The van der Waals surface area contributed by atoms with E-state index in [9.17, 15) is 0 Å². The number of carboxylic acids is 1. The number of hydrogen-bond donors (Lipinski definition) is 1. The van der Waals surface area contributed by atoms with Crippen LogP contribution in [-0.4, -0.2) is 11.1 Å². The molecule has 92 valence electrons. The first-order valence-corrected chi connectivity index (χ1v) is 6.13. The standard InChI is InChI=1S/C11H23.C2H4O2.K/c1-3-5-7-9-11-10-8-6-4-2;1-2(3)4;/h1,3-11H2,2H3;1H3,(H,3,4);/q-1;;+1. The van der Waals surface area contributed by atoms with Crippen molar-refractivity contribution >= 4 is 5.97 Å². The molecule has 0 aliphatic carbocycles. The minimum atomic E-state index is -0.833. The zero-order valence-electron chi connectivity index (χ0n) is 11.4. The van der Waals surface area contributed by atoms with E-state index in [0.29, 0.717) is 0 Å². The summed E-state index contributed by atoms with van der Waals surface area (Å²) >= 11 is 0. The maximum Gasteiger partial charge on any atom is 1.00 e. The molecular formula is C13H27KO2. The van der Waals surface area contributed by atoms with Gasteiger partial charge in [0, 0.05) is 6.92 Å². The Kier molecular flexibility index (Phi) is 29.8. The van der Waals surface area contributed by atoms with Crippen molar-refractivity contribution in [2.75, 3.05) is 0 Å². The number of carboxylic acid groups (broad SMARTS) is 1. The van der Waals surface area contributed by atoms with E-state index in [4.69, 9.17) is 9.90 Å². The summed E-state index contributed by atoms with van der Waals surface area (Å²) in [6, 6.07) is 0. The quantitative estimate of drug-likeness (QED) is 0.404. The van der Waals surface area contributed by atoms with E-state index in [1.165, 1.54) is 51.4 Å². The molecule has 16 heavy (non-hydrogen) atoms. The van der Waals surface area contributed by atoms with Gasteiger partial charge in [0.05, 0.1) is 0 Å². The van der Waals surface area contributed by atoms with Crippen molar-refractivity contribution in [1.82, 2.24) is 0 Å². The van der Waals surface area contributed by atoms with Gasteiger partial charge in [-0.15, -0.1) is 0 Å². The molecule has 0 aromatic heterocycles. The molecule has 0 aromatic rings. The molecule has 0 radical (unpaired) electrons. The molecule has 3 heteroatoms. The summed E-state index contributed by atoms with van der Waals surface area (Å²) in [5, 5.41) is 7.42. The molecule has 0 aliphatic heterocycles. The van der Waals surface area contributed by atoms with Gasteiger partial charge in [-0.2, -0.15) is 6.42 Å². The molecule has 0 atom stereocenters. The summed E-state index contributed by atoms with van der Waals surface area (Å²) in [5.74, 6) is -0.833. The van der Waals surface area contributed by atoms with Crippen molar-refractivity contribution < 1.29 is 61.3 Å². The Morgan fingerprint density at radius 1 is 1.00 bits per heavy atom. The second-order valence-corrected chi connectivity index (χ2v) is 3.85. The Morgan fingerprint density at radius 3 is 1.62 bits per heavy atom. The first kappa shape index (κ1) is 22.3. The molecule has 0 aliphatic rings. The molecule has 1 N–H and O–H groups in total. The van der Waals surface area contributed by atoms with Crippen molar-refractivity contribution in [1.29, 1.82) is 0 Å². The van der Waals surface area contributed by atoms with Crippen molar-refractivity contribution in [2.45, 2.75) is 71.6 Å². The van der Waals surface area contributed by atoms with Crippen LogP contribution in [0.4, 0.5) is 0 Å². The zero-order chi connectivity index (χ0) is 11.9. The van der Waals surface area contributed by atoms with E-state index in [1.807, 2.05) is 0 Å². The van der Waals surface area contributed by atoms with Crippen LogP contribution in [0.2, 0.25) is 0 Å². The fraction of sp³-hybridized carbons (Fsp3) is 0.846. The Hall–Kier alpha value is 1.11. The van der Waals surface area contributed by atoms with Crippen molar-refractivity contribution in [3.8, 4) is 0 Å². The van der Waals surface area contributed by atoms with E-state index in [-0.39, 0.29) is 51.4 Å². The van der Waals surface area contributed by atoms with E-state index in [0.717, 1.165) is 13.3 Å². The third-order valence-electron chi connectivity index (χ3n) is 2.10. The van der Waals surface area contributed by atoms with Gasteiger partial charge in [0.1, 0.15) is 0 Å². The van der Waals surface area contributed by atoms with Crippen LogP contribution in [0.5, 0.6) is 0 Å². The molecule has 0 fully saturated rings. The summed E-state index contributed by atoms with van der Waals surface area (Å²) in [7, 11) is 0. The molecule has 0 saturated carbocycles. The van der Waals surface area contributed by atoms with Gasteiger partial charge in [0.15, 0.2) is 0 Å². The Morgan fingerprint density at radius 2 is 1.31 bits per heavy atom. The number of carbonyl (C=O) groups is 1. The summed E-state index contributed by atoms with van der Waals surface area (Å²) in [4.78, 5) is 9.00. The maximum absolute atomic E-state index is 9.00. The predicted molar refractivity (Wildman–Crippen MR) is 65.9 cm³/mol. The van der Waals surface area contributed by atoms with Gasteiger partial charge in [-0.25, -0.2) is 0 Å². The molecule has 0 amide bonds. The average Bonchev–Trinajstić information content (AvgIpc) is 2.16. The zero-order valence-corrected chi connectivity index (χ0v) is 14.5. The maximum atomic E-state index is 9.00. The van der Waals surface area contributed by atoms with Crippen LogP contribution in [0, 0.1) is 6.92 Å². The van der Waals surface area contributed by atoms with Gasteiger partial charge < -0.3 is 12.0 Å². The average molecular weight is 254 g/mol. The summed E-state index contributed by atoms with van der Waals surface area (Å²) < 4.78 is 0. The summed E-state index contributed by atoms with van der Waals surface area (Å²) in [6.07, 6.45) is 12.4. The molecular weight excluding hydrogens is 227 g/mol. The van der Waals surface area contributed by atoms with Crippen LogP contribution in [0.25, 0.3) is 0 Å². The molecule has 0 saturated heterocycles. The van der Waals surface area contributed by atoms with E-state index < -0.39 is 5.97 Å². The summed E-state index contributed by atoms with van der Waals surface area (Å²) in [5.41, 5.74) is 0. The molecule has 0 aromatic carbocycles. The number of unbranched alkanes of at least 4 members (excludes halogenated alkanes) is 8. The largest absolute Gasteiger partial charge is 1.00 e. The molecule has 0 unspecified atom stereocenters. The number of aliphatic carboxylic acids is 1. The van der Waals surface area contributed by atoms with Crippen molar-refractivity contribution in [3.63, 3.8) is 0 Å². The van der Waals surface area contributed by atoms with Crippen LogP contribution in [-0.2, 0) is 4.79 Å². The van der Waals surface area contributed by atoms with Crippen LogP contribution in [0.15, 0.2) is 0 Å². The van der Waals surface area contributed by atoms with Crippen LogP contribution < -0.4 is 51.4 Å². The Bertz CT molecular complexity index is 115. The predicted octanol–water partition coefficient (Wildman–Crippen LogP) is 1.45. The molecule has 0 bridgehead atoms. The smallest absolute Gasteiger partial charge is 0.481 e. The van der Waals surface area contributed by atoms with E-state index in [1.54, 1.807) is 0 Å². The second-order valence-electron chi connectivity index (χ2n) is 3.85. The van der Waals surface area contributed by atoms with Crippen LogP contribution >= 0.6 is 0 Å². The van der Waals surface area contributed by atoms with Crippen molar-refractivity contribution in [2.24, 2.45) is 0 Å². The topological polar surface area (TPSA) is 37.3 Å². The number of hydrogen-bond acceptors (Lipinski definition) is 1. The normalized spacial score (nSPS) is 8.69. The van der Waals surface area contributed by atoms with Crippen LogP contribution in [0.3, 0.4) is 0 Å². The third kappa shape index (κ3) is 36.2. The minimum absolute atomic E-state index is 0. The minimum Gasteiger partial charge on any atom is -0.481 e. The van der Waals surface area contributed by atoms with Gasteiger partial charge in [0.25, 0.3) is 5.97 Å². The SMILES string of the molecule is CC(=O)O.[CH2-]CCCCCCCCCC.[K+]. The molecule has 0 rings (SSSR count). The van der Waals surface area contributed by atoms with E-state index >= 15 is 0 Å². The monoisotopic (exact) mass is 254 g/mol. The molecule has 0 spiro atoms. The first-order chi connectivity index (χ1) is 7.15. The second kappa shape index (κ2) is 21.4. The third-order valence-corrected chi connectivity index (χ3v) is 2.10. The van der Waals surface area contributed by atoms with Gasteiger partial charge in [-0.05, 0) is 0 Å². The summed E-state index contributed by atoms with van der Waals surface area (Å²) in [6.45, 7) is 7.18. The molecule has 2 nitrogen and oxygen atoms in total. The van der Waals surface area contributed by atoms with Crippen molar-refractivity contribution in [3.05, 3.63) is 6.92 Å². The fourth-order valence-electron chi connectivity index (χ4n) is 1.31. The Labute approximate surface area is 144 Å². The Balaban J connectivity index is -0.000000292. The molecule has 0 heterocycles. The van der Waals surface area contributed by atoms with Gasteiger partial charge >= 0.3 is 51.4 Å². The number of rotatable bonds is 8. The van der Waals surface area contributed by atoms with Gasteiger partial charge in [-0.1, -0.05) is 58.3 Å².